The Bertz CT molecular complexity index is 660. The Labute approximate surface area is 130 Å². The van der Waals surface area contributed by atoms with Crippen molar-refractivity contribution >= 4 is 33.5 Å². The normalized spacial score (nSPS) is 14.2. The summed E-state index contributed by atoms with van der Waals surface area (Å²) in [4.78, 5) is 21.8. The van der Waals surface area contributed by atoms with Crippen LogP contribution in [0.3, 0.4) is 0 Å². The van der Waals surface area contributed by atoms with Gasteiger partial charge in [0.1, 0.15) is 5.82 Å². The van der Waals surface area contributed by atoms with E-state index in [1.54, 1.807) is 18.0 Å². The third kappa shape index (κ3) is 2.94. The number of hydrogen-bond acceptors (Lipinski definition) is 4. The highest BCUT2D eigenvalue weighted by atomic mass is 79.9. The second kappa shape index (κ2) is 6.06. The summed E-state index contributed by atoms with van der Waals surface area (Å²) in [5, 5.41) is 0. The monoisotopic (exact) mass is 348 g/mol. The highest BCUT2D eigenvalue weighted by Gasteiger charge is 2.19. The molecule has 1 aliphatic rings. The van der Waals surface area contributed by atoms with E-state index in [2.05, 4.69) is 32.0 Å². The van der Waals surface area contributed by atoms with Gasteiger partial charge in [-0.05, 0) is 40.9 Å². The molecule has 3 nitrogen and oxygen atoms in total. The molecule has 0 aliphatic heterocycles. The predicted molar refractivity (Wildman–Crippen MR) is 83.0 cm³/mol. The summed E-state index contributed by atoms with van der Waals surface area (Å²) in [5.41, 5.74) is 1.63. The molecule has 2 aromatic rings. The number of aryl methyl sites for hydroxylation is 1. The third-order valence-corrected chi connectivity index (χ3v) is 5.25. The third-order valence-electron chi connectivity index (χ3n) is 3.23. The Kier molecular flexibility index (Phi) is 4.17. The molecule has 1 heterocycles. The van der Waals surface area contributed by atoms with Crippen LogP contribution in [-0.2, 0) is 12.2 Å². The van der Waals surface area contributed by atoms with Gasteiger partial charge in [0.25, 0.3) is 0 Å². The second-order valence-corrected chi connectivity index (χ2v) is 6.51. The van der Waals surface area contributed by atoms with Gasteiger partial charge in [-0.15, -0.1) is 11.8 Å². The van der Waals surface area contributed by atoms with Gasteiger partial charge in [0.15, 0.2) is 5.78 Å². The lowest BCUT2D eigenvalue weighted by Gasteiger charge is -2.13. The molecule has 1 aromatic carbocycles. The first kappa shape index (κ1) is 13.8. The highest BCUT2D eigenvalue weighted by molar-refractivity contribution is 9.10. The smallest absolute Gasteiger partial charge is 0.166 e. The fourth-order valence-electron chi connectivity index (χ4n) is 2.21. The van der Waals surface area contributed by atoms with Crippen LogP contribution in [-0.4, -0.2) is 15.8 Å². The minimum atomic E-state index is 0.177. The molecule has 0 unspecified atom stereocenters. The SMILES string of the molecule is O=C1CCCc2nc(CSc3ccccc3Br)ncc21. The van der Waals surface area contributed by atoms with Crippen LogP contribution < -0.4 is 0 Å². The molecule has 0 atom stereocenters. The number of Topliss-reactive ketones (excluding diaryl/α,β-unsaturated/α-hetero) is 1. The fourth-order valence-corrected chi connectivity index (χ4v) is 3.64. The number of hydrogen-bond donors (Lipinski definition) is 0. The fraction of sp³-hybridized carbons (Fsp3) is 0.267. The van der Waals surface area contributed by atoms with Crippen molar-refractivity contribution in [3.63, 3.8) is 0 Å². The van der Waals surface area contributed by atoms with Crippen molar-refractivity contribution in [1.29, 1.82) is 0 Å². The lowest BCUT2D eigenvalue weighted by molar-refractivity contribution is 0.0971. The first-order valence-corrected chi connectivity index (χ1v) is 8.27. The van der Waals surface area contributed by atoms with Crippen LogP contribution in [0.5, 0.6) is 0 Å². The molecule has 1 aliphatic carbocycles. The molecular formula is C15H13BrN2OS. The van der Waals surface area contributed by atoms with Crippen molar-refractivity contribution in [1.82, 2.24) is 9.97 Å². The molecule has 0 amide bonds. The van der Waals surface area contributed by atoms with E-state index in [0.29, 0.717) is 17.7 Å². The minimum Gasteiger partial charge on any atom is -0.294 e. The Balaban J connectivity index is 1.76. The number of halogens is 1. The summed E-state index contributed by atoms with van der Waals surface area (Å²) in [6.45, 7) is 0. The van der Waals surface area contributed by atoms with E-state index in [9.17, 15) is 4.79 Å². The van der Waals surface area contributed by atoms with Gasteiger partial charge in [0, 0.05) is 22.0 Å². The zero-order chi connectivity index (χ0) is 13.9. The van der Waals surface area contributed by atoms with Crippen LogP contribution in [0.1, 0.15) is 34.7 Å². The molecule has 0 fully saturated rings. The largest absolute Gasteiger partial charge is 0.294 e. The molecule has 0 N–H and O–H groups in total. The van der Waals surface area contributed by atoms with Gasteiger partial charge in [0.05, 0.1) is 17.0 Å². The second-order valence-electron chi connectivity index (χ2n) is 4.64. The molecule has 20 heavy (non-hydrogen) atoms. The van der Waals surface area contributed by atoms with Gasteiger partial charge in [-0.25, -0.2) is 9.97 Å². The Morgan fingerprint density at radius 1 is 1.25 bits per heavy atom. The van der Waals surface area contributed by atoms with E-state index in [1.807, 2.05) is 18.2 Å². The number of nitrogens with zero attached hydrogens (tertiary/aromatic N) is 2. The van der Waals surface area contributed by atoms with Crippen molar-refractivity contribution < 1.29 is 4.79 Å². The number of rotatable bonds is 3. The molecule has 0 radical (unpaired) electrons. The summed E-state index contributed by atoms with van der Waals surface area (Å²) in [7, 11) is 0. The quantitative estimate of drug-likeness (QED) is 0.784. The maximum absolute atomic E-state index is 11.7. The zero-order valence-electron chi connectivity index (χ0n) is 10.8. The minimum absolute atomic E-state index is 0.177. The summed E-state index contributed by atoms with van der Waals surface area (Å²) in [6, 6.07) is 8.10. The van der Waals surface area contributed by atoms with E-state index < -0.39 is 0 Å². The van der Waals surface area contributed by atoms with Gasteiger partial charge < -0.3 is 0 Å². The zero-order valence-corrected chi connectivity index (χ0v) is 13.2. The molecule has 0 spiro atoms. The van der Waals surface area contributed by atoms with E-state index in [1.165, 1.54) is 4.90 Å². The van der Waals surface area contributed by atoms with E-state index in [4.69, 9.17) is 0 Å². The Hall–Kier alpha value is -1.20. The molecule has 1 aromatic heterocycles. The number of aromatic nitrogens is 2. The predicted octanol–water partition coefficient (Wildman–Crippen LogP) is 4.05. The lowest BCUT2D eigenvalue weighted by atomic mass is 9.96. The summed E-state index contributed by atoms with van der Waals surface area (Å²) in [6.07, 6.45) is 4.11. The summed E-state index contributed by atoms with van der Waals surface area (Å²) in [5.74, 6) is 1.68. The Morgan fingerprint density at radius 2 is 2.10 bits per heavy atom. The van der Waals surface area contributed by atoms with E-state index in [0.717, 1.165) is 28.8 Å². The number of carbonyl (C=O) groups excluding carboxylic acids is 1. The maximum atomic E-state index is 11.7. The van der Waals surface area contributed by atoms with Gasteiger partial charge in [0.2, 0.25) is 0 Å². The summed E-state index contributed by atoms with van der Waals surface area (Å²) >= 11 is 5.23. The van der Waals surface area contributed by atoms with Crippen molar-refractivity contribution in [2.24, 2.45) is 0 Å². The van der Waals surface area contributed by atoms with Crippen molar-refractivity contribution in [3.05, 3.63) is 52.0 Å². The molecular weight excluding hydrogens is 336 g/mol. The topological polar surface area (TPSA) is 42.9 Å². The van der Waals surface area contributed by atoms with Gasteiger partial charge in [-0.2, -0.15) is 0 Å². The van der Waals surface area contributed by atoms with E-state index in [-0.39, 0.29) is 5.78 Å². The van der Waals surface area contributed by atoms with Crippen LogP contribution in [0.25, 0.3) is 0 Å². The average molecular weight is 349 g/mol. The van der Waals surface area contributed by atoms with Crippen LogP contribution in [0, 0.1) is 0 Å². The highest BCUT2D eigenvalue weighted by Crippen LogP contribution is 2.29. The lowest BCUT2D eigenvalue weighted by Crippen LogP contribution is -2.14. The number of thioether (sulfide) groups is 1. The van der Waals surface area contributed by atoms with Gasteiger partial charge >= 0.3 is 0 Å². The van der Waals surface area contributed by atoms with Crippen LogP contribution in [0.2, 0.25) is 0 Å². The van der Waals surface area contributed by atoms with Crippen molar-refractivity contribution in [3.8, 4) is 0 Å². The molecule has 3 rings (SSSR count). The van der Waals surface area contributed by atoms with E-state index >= 15 is 0 Å². The molecule has 0 saturated heterocycles. The number of benzene rings is 1. The van der Waals surface area contributed by atoms with Crippen LogP contribution >= 0.6 is 27.7 Å². The molecule has 0 bridgehead atoms. The molecule has 0 saturated carbocycles. The van der Waals surface area contributed by atoms with Crippen molar-refractivity contribution in [2.45, 2.75) is 29.9 Å². The summed E-state index contributed by atoms with van der Waals surface area (Å²) < 4.78 is 1.08. The first-order valence-electron chi connectivity index (χ1n) is 6.49. The maximum Gasteiger partial charge on any atom is 0.166 e. The number of fused-ring (bicyclic) bond motifs is 1. The van der Waals surface area contributed by atoms with Crippen molar-refractivity contribution in [2.75, 3.05) is 0 Å². The Morgan fingerprint density at radius 3 is 2.95 bits per heavy atom. The standard InChI is InChI=1S/C15H13BrN2OS/c16-11-4-1-2-7-14(11)20-9-15-17-8-10-12(18-15)5-3-6-13(10)19/h1-2,4,7-8H,3,5-6,9H2. The van der Waals surface area contributed by atoms with Crippen LogP contribution in [0.15, 0.2) is 39.8 Å². The molecule has 102 valence electrons. The first-order chi connectivity index (χ1) is 9.74. The average Bonchev–Trinajstić information content (AvgIpc) is 2.46. The number of ketones is 1. The van der Waals surface area contributed by atoms with Gasteiger partial charge in [-0.1, -0.05) is 12.1 Å². The van der Waals surface area contributed by atoms with Gasteiger partial charge in [-0.3, -0.25) is 4.79 Å². The number of carbonyl (C=O) groups is 1. The van der Waals surface area contributed by atoms with Crippen LogP contribution in [0.4, 0.5) is 0 Å². The molecule has 5 heteroatoms.